The third-order valence-electron chi connectivity index (χ3n) is 4.54. The van der Waals surface area contributed by atoms with Crippen molar-refractivity contribution in [2.45, 2.75) is 62.7 Å². The molecule has 0 aliphatic carbocycles. The van der Waals surface area contributed by atoms with Crippen LogP contribution in [-0.2, 0) is 28.8 Å². The minimum absolute atomic E-state index is 0.246. The molecule has 16 nitrogen and oxygen atoms in total. The van der Waals surface area contributed by atoms with Crippen LogP contribution in [0.1, 0.15) is 20.3 Å². The van der Waals surface area contributed by atoms with E-state index in [-0.39, 0.29) is 5.75 Å². The van der Waals surface area contributed by atoms with Gasteiger partial charge in [-0.1, -0.05) is 0 Å². The van der Waals surface area contributed by atoms with E-state index >= 15 is 0 Å². The van der Waals surface area contributed by atoms with Crippen molar-refractivity contribution in [2.24, 2.45) is 17.2 Å². The van der Waals surface area contributed by atoms with Crippen LogP contribution in [0.25, 0.3) is 0 Å². The topological polar surface area (TPSA) is 289 Å². The van der Waals surface area contributed by atoms with Crippen molar-refractivity contribution in [1.82, 2.24) is 21.3 Å². The lowest BCUT2D eigenvalue weighted by Crippen LogP contribution is -2.62. The van der Waals surface area contributed by atoms with Gasteiger partial charge in [-0.15, -0.1) is 0 Å². The van der Waals surface area contributed by atoms with Gasteiger partial charge in [0.15, 0.2) is 0 Å². The number of amides is 6. The molecule has 0 fully saturated rings. The van der Waals surface area contributed by atoms with E-state index in [1.165, 1.54) is 6.92 Å². The summed E-state index contributed by atoms with van der Waals surface area (Å²) in [5.41, 5.74) is 15.6. The highest BCUT2D eigenvalue weighted by atomic mass is 32.1. The van der Waals surface area contributed by atoms with Crippen LogP contribution in [0.4, 0.5) is 0 Å². The molecular formula is C18H33N7O9S. The smallest absolute Gasteiger partial charge is 0.245 e. The first kappa shape index (κ1) is 32.0. The maximum Gasteiger partial charge on any atom is 0.245 e. The van der Waals surface area contributed by atoms with Crippen LogP contribution in [0.2, 0.25) is 0 Å². The molecule has 0 aromatic rings. The van der Waals surface area contributed by atoms with Gasteiger partial charge in [-0.2, -0.15) is 12.6 Å². The van der Waals surface area contributed by atoms with Crippen LogP contribution < -0.4 is 38.5 Å². The number of aliphatic hydroxyl groups is 3. The molecule has 0 rings (SSSR count). The van der Waals surface area contributed by atoms with Gasteiger partial charge in [0.25, 0.3) is 0 Å². The van der Waals surface area contributed by atoms with E-state index in [2.05, 4.69) is 33.9 Å². The van der Waals surface area contributed by atoms with Crippen molar-refractivity contribution in [3.63, 3.8) is 0 Å². The Balaban J connectivity index is 5.58. The second-order valence-electron chi connectivity index (χ2n) is 7.62. The number of aliphatic hydroxyl groups excluding tert-OH is 3. The highest BCUT2D eigenvalue weighted by molar-refractivity contribution is 7.80. The number of nitrogens with two attached hydrogens (primary N) is 3. The average Bonchev–Trinajstić information content (AvgIpc) is 2.76. The van der Waals surface area contributed by atoms with Gasteiger partial charge in [-0.25, -0.2) is 0 Å². The third-order valence-corrected chi connectivity index (χ3v) is 4.90. The fourth-order valence-electron chi connectivity index (χ4n) is 2.57. The number of primary amides is 2. The van der Waals surface area contributed by atoms with Crippen molar-refractivity contribution in [3.8, 4) is 0 Å². The van der Waals surface area contributed by atoms with Crippen LogP contribution >= 0.6 is 12.6 Å². The number of carbonyl (C=O) groups excluding carboxylic acids is 6. The number of rotatable bonds is 15. The largest absolute Gasteiger partial charge is 0.394 e. The Hall–Kier alpha value is -2.99. The molecule has 35 heavy (non-hydrogen) atoms. The maximum absolute atomic E-state index is 12.7. The number of thiol groups is 1. The molecule has 7 atom stereocenters. The Bertz CT molecular complexity index is 796. The van der Waals surface area contributed by atoms with E-state index in [9.17, 15) is 39.0 Å². The molecule has 0 aromatic carbocycles. The molecule has 0 heterocycles. The van der Waals surface area contributed by atoms with E-state index < -0.39 is 90.9 Å². The Morgan fingerprint density at radius 1 is 0.771 bits per heavy atom. The standard InChI is InChI=1S/C18H33N7O9S/c1-6(27)12(14(21)30)24-16(32)9(3-11(20)29)22-18(34)13(7(2)28)25-17(33)10(5-35)23-15(31)8(19)4-26/h6-10,12-13,26-28,35H,3-5,19H2,1-2H3,(H2,20,29)(H2,21,30)(H,22,34)(H,23,31)(H,24,32)(H,25,33)/t6-,7-,8+,9+,10+,12+,13+/m1/s1. The molecule has 0 aliphatic heterocycles. The summed E-state index contributed by atoms with van der Waals surface area (Å²) in [5.74, 6) is -6.42. The molecule has 0 spiro atoms. The van der Waals surface area contributed by atoms with Crippen LogP contribution in [-0.4, -0.2) is 106 Å². The van der Waals surface area contributed by atoms with Gasteiger partial charge in [0.1, 0.15) is 30.2 Å². The van der Waals surface area contributed by atoms with Gasteiger partial charge in [0.05, 0.1) is 25.2 Å². The Morgan fingerprint density at radius 2 is 1.23 bits per heavy atom. The Labute approximate surface area is 206 Å². The van der Waals surface area contributed by atoms with Crippen molar-refractivity contribution >= 4 is 48.1 Å². The van der Waals surface area contributed by atoms with E-state index in [1.807, 2.05) is 0 Å². The summed E-state index contributed by atoms with van der Waals surface area (Å²) < 4.78 is 0. The minimum atomic E-state index is -1.68. The summed E-state index contributed by atoms with van der Waals surface area (Å²) in [6.45, 7) is 1.61. The number of hydrogen-bond donors (Lipinski definition) is 11. The second kappa shape index (κ2) is 15.1. The van der Waals surface area contributed by atoms with Gasteiger partial charge < -0.3 is 53.8 Å². The molecule has 0 aliphatic rings. The lowest BCUT2D eigenvalue weighted by atomic mass is 10.1. The molecule has 0 bridgehead atoms. The summed E-state index contributed by atoms with van der Waals surface area (Å²) in [5, 5.41) is 37.1. The molecular weight excluding hydrogens is 490 g/mol. The van der Waals surface area contributed by atoms with Gasteiger partial charge in [-0.3, -0.25) is 28.8 Å². The lowest BCUT2D eigenvalue weighted by molar-refractivity contribution is -0.137. The summed E-state index contributed by atoms with van der Waals surface area (Å²) in [4.78, 5) is 72.4. The highest BCUT2D eigenvalue weighted by Crippen LogP contribution is 2.02. The molecule has 6 amide bonds. The molecule has 0 saturated carbocycles. The SMILES string of the molecule is C[C@@H](O)[C@H](NC(=O)[C@H](CC(N)=O)NC(=O)[C@@H](NC(=O)[C@H](CS)NC(=O)[C@@H](N)CO)[C@@H](C)O)C(N)=O. The van der Waals surface area contributed by atoms with Gasteiger partial charge in [-0.05, 0) is 13.8 Å². The molecule has 200 valence electrons. The molecule has 0 aromatic heterocycles. The summed E-state index contributed by atoms with van der Waals surface area (Å²) in [6.07, 6.45) is -3.67. The summed E-state index contributed by atoms with van der Waals surface area (Å²) in [6, 6.07) is -7.53. The molecule has 0 radical (unpaired) electrons. The van der Waals surface area contributed by atoms with E-state index in [1.54, 1.807) is 0 Å². The van der Waals surface area contributed by atoms with Gasteiger partial charge >= 0.3 is 0 Å². The normalized spacial score (nSPS) is 16.9. The molecule has 0 unspecified atom stereocenters. The fourth-order valence-corrected chi connectivity index (χ4v) is 2.83. The van der Waals surface area contributed by atoms with Crippen molar-refractivity contribution in [1.29, 1.82) is 0 Å². The zero-order valence-electron chi connectivity index (χ0n) is 19.1. The highest BCUT2D eigenvalue weighted by Gasteiger charge is 2.34. The van der Waals surface area contributed by atoms with Crippen molar-refractivity contribution < 1.29 is 44.1 Å². The van der Waals surface area contributed by atoms with Crippen molar-refractivity contribution in [3.05, 3.63) is 0 Å². The zero-order chi connectivity index (χ0) is 27.5. The third kappa shape index (κ3) is 10.9. The van der Waals surface area contributed by atoms with Crippen molar-refractivity contribution in [2.75, 3.05) is 12.4 Å². The van der Waals surface area contributed by atoms with Crippen LogP contribution in [0.5, 0.6) is 0 Å². The lowest BCUT2D eigenvalue weighted by Gasteiger charge is -2.27. The molecule has 13 N–H and O–H groups in total. The van der Waals surface area contributed by atoms with Gasteiger partial charge in [0, 0.05) is 5.75 Å². The van der Waals surface area contributed by atoms with Crippen LogP contribution in [0.15, 0.2) is 0 Å². The van der Waals surface area contributed by atoms with Gasteiger partial charge in [0.2, 0.25) is 35.4 Å². The number of carbonyl (C=O) groups is 6. The minimum Gasteiger partial charge on any atom is -0.394 e. The van der Waals surface area contributed by atoms with Crippen LogP contribution in [0.3, 0.4) is 0 Å². The summed E-state index contributed by atoms with van der Waals surface area (Å²) in [7, 11) is 0. The predicted molar refractivity (Wildman–Crippen MR) is 123 cm³/mol. The Morgan fingerprint density at radius 3 is 1.63 bits per heavy atom. The zero-order valence-corrected chi connectivity index (χ0v) is 20.0. The monoisotopic (exact) mass is 523 g/mol. The average molecular weight is 524 g/mol. The van der Waals surface area contributed by atoms with Crippen LogP contribution in [0, 0.1) is 0 Å². The molecule has 0 saturated heterocycles. The van der Waals surface area contributed by atoms with E-state index in [0.717, 1.165) is 6.92 Å². The van der Waals surface area contributed by atoms with E-state index in [4.69, 9.17) is 22.3 Å². The maximum atomic E-state index is 12.7. The Kier molecular flexibility index (Phi) is 13.8. The number of nitrogens with one attached hydrogen (secondary N) is 4. The number of hydrogen-bond acceptors (Lipinski definition) is 11. The predicted octanol–water partition coefficient (Wildman–Crippen LogP) is -6.70. The summed E-state index contributed by atoms with van der Waals surface area (Å²) >= 11 is 3.93. The first-order valence-corrected chi connectivity index (χ1v) is 10.9. The fraction of sp³-hybridized carbons (Fsp3) is 0.667. The second-order valence-corrected chi connectivity index (χ2v) is 7.99. The first-order valence-electron chi connectivity index (χ1n) is 10.3. The quantitative estimate of drug-likeness (QED) is 0.0901. The first-order chi connectivity index (χ1) is 16.2. The molecule has 17 heteroatoms. The van der Waals surface area contributed by atoms with E-state index in [0.29, 0.717) is 0 Å².